The monoisotopic (exact) mass is 340 g/mol. The minimum absolute atomic E-state index is 0.0653. The van der Waals surface area contributed by atoms with Gasteiger partial charge in [-0.05, 0) is 28.5 Å². The van der Waals surface area contributed by atoms with E-state index in [1.54, 1.807) is 0 Å². The summed E-state index contributed by atoms with van der Waals surface area (Å²) in [6.45, 7) is 15.0. The maximum absolute atomic E-state index is 10.8. The lowest BCUT2D eigenvalue weighted by Crippen LogP contribution is -2.83. The quantitative estimate of drug-likeness (QED) is 0.783. The molecule has 2 rings (SSSR count). The summed E-state index contributed by atoms with van der Waals surface area (Å²) in [5, 5.41) is 13.2. The highest BCUT2D eigenvalue weighted by Crippen LogP contribution is 2.39. The number of phenols is 1. The van der Waals surface area contributed by atoms with E-state index in [1.165, 1.54) is 11.1 Å². The lowest BCUT2D eigenvalue weighted by atomic mass is 9.78. The molecule has 25 heavy (non-hydrogen) atoms. The molecule has 2 heteroatoms. The van der Waals surface area contributed by atoms with Crippen LogP contribution in [0.15, 0.2) is 42.5 Å². The highest BCUT2D eigenvalue weighted by Gasteiger charge is 2.26. The second kappa shape index (κ2) is 7.61. The molecule has 0 saturated heterocycles. The molecule has 0 aliphatic rings. The topological polar surface area (TPSA) is 36.8 Å². The van der Waals surface area contributed by atoms with E-state index in [0.29, 0.717) is 5.75 Å². The molecule has 0 aliphatic carbocycles. The van der Waals surface area contributed by atoms with Crippen molar-refractivity contribution in [2.45, 2.75) is 65.3 Å². The first-order valence-electron chi connectivity index (χ1n) is 9.31. The zero-order valence-electron chi connectivity index (χ0n) is 16.7. The van der Waals surface area contributed by atoms with Crippen LogP contribution in [0.3, 0.4) is 0 Å². The highest BCUT2D eigenvalue weighted by molar-refractivity contribution is 5.49. The van der Waals surface area contributed by atoms with Gasteiger partial charge in [-0.1, -0.05) is 71.9 Å². The number of phenolic OH excluding ortho intramolecular Hbond substituents is 1. The van der Waals surface area contributed by atoms with Crippen LogP contribution >= 0.6 is 0 Å². The molecule has 3 N–H and O–H groups in total. The van der Waals surface area contributed by atoms with E-state index in [0.717, 1.165) is 30.6 Å². The van der Waals surface area contributed by atoms with E-state index in [9.17, 15) is 5.11 Å². The van der Waals surface area contributed by atoms with Gasteiger partial charge in [0.25, 0.3) is 0 Å². The van der Waals surface area contributed by atoms with Crippen molar-refractivity contribution in [1.29, 1.82) is 0 Å². The van der Waals surface area contributed by atoms with Crippen molar-refractivity contribution in [2.75, 3.05) is 6.54 Å². The van der Waals surface area contributed by atoms with E-state index in [2.05, 4.69) is 89.3 Å². The molecule has 2 nitrogen and oxygen atoms in total. The molecule has 0 bridgehead atoms. The third-order valence-corrected chi connectivity index (χ3v) is 4.65. The van der Waals surface area contributed by atoms with Crippen LogP contribution in [-0.2, 0) is 23.8 Å². The molecule has 0 heterocycles. The van der Waals surface area contributed by atoms with Gasteiger partial charge in [0.05, 0.1) is 6.54 Å². The molecule has 0 saturated carbocycles. The Morgan fingerprint density at radius 1 is 0.800 bits per heavy atom. The summed E-state index contributed by atoms with van der Waals surface area (Å²) < 4.78 is 0. The summed E-state index contributed by atoms with van der Waals surface area (Å²) in [6, 6.07) is 15.0. The van der Waals surface area contributed by atoms with E-state index in [1.807, 2.05) is 0 Å². The molecule has 0 atom stereocenters. The Bertz CT molecular complexity index is 655. The molecule has 0 aliphatic heterocycles. The maximum atomic E-state index is 10.8. The molecule has 0 aromatic heterocycles. The lowest BCUT2D eigenvalue weighted by molar-refractivity contribution is -0.670. The van der Waals surface area contributed by atoms with Gasteiger partial charge >= 0.3 is 0 Å². The summed E-state index contributed by atoms with van der Waals surface area (Å²) >= 11 is 0. The van der Waals surface area contributed by atoms with Crippen LogP contribution in [0.25, 0.3) is 0 Å². The summed E-state index contributed by atoms with van der Waals surface area (Å²) in [5.41, 5.74) is 4.64. The van der Waals surface area contributed by atoms with Crippen LogP contribution in [0.2, 0.25) is 0 Å². The largest absolute Gasteiger partial charge is 0.507 e. The smallest absolute Gasteiger partial charge is 0.123 e. The summed E-state index contributed by atoms with van der Waals surface area (Å²) in [6.07, 6.45) is 1.08. The number of nitrogens with two attached hydrogens (primary N) is 1. The average molecular weight is 341 g/mol. The minimum Gasteiger partial charge on any atom is -0.507 e. The van der Waals surface area contributed by atoms with Crippen LogP contribution in [-0.4, -0.2) is 11.7 Å². The number of hydrogen-bond donors (Lipinski definition) is 2. The predicted octanol–water partition coefficient (Wildman–Crippen LogP) is 4.29. The van der Waals surface area contributed by atoms with E-state index in [-0.39, 0.29) is 10.8 Å². The van der Waals surface area contributed by atoms with E-state index >= 15 is 0 Å². The third kappa shape index (κ3) is 5.34. The Kier molecular flexibility index (Phi) is 5.95. The normalized spacial score (nSPS) is 12.4. The van der Waals surface area contributed by atoms with E-state index in [4.69, 9.17) is 0 Å². The molecule has 0 fully saturated rings. The first-order chi connectivity index (χ1) is 11.6. The summed E-state index contributed by atoms with van der Waals surface area (Å²) in [5.74, 6) is 0.466. The van der Waals surface area contributed by atoms with Crippen molar-refractivity contribution in [1.82, 2.24) is 0 Å². The van der Waals surface area contributed by atoms with Crippen molar-refractivity contribution in [3.8, 4) is 5.75 Å². The first-order valence-corrected chi connectivity index (χ1v) is 9.31. The fraction of sp³-hybridized carbons (Fsp3) is 0.478. The lowest BCUT2D eigenvalue weighted by Gasteiger charge is -2.28. The third-order valence-electron chi connectivity index (χ3n) is 4.65. The van der Waals surface area contributed by atoms with Crippen LogP contribution in [0.4, 0.5) is 0 Å². The highest BCUT2D eigenvalue weighted by atomic mass is 16.3. The van der Waals surface area contributed by atoms with Crippen LogP contribution in [0.1, 0.15) is 63.8 Å². The van der Waals surface area contributed by atoms with Crippen LogP contribution in [0.5, 0.6) is 5.75 Å². The molecule has 0 amide bonds. The average Bonchev–Trinajstić information content (AvgIpc) is 2.51. The molecule has 2 aromatic rings. The van der Waals surface area contributed by atoms with Crippen molar-refractivity contribution in [3.05, 3.63) is 64.7 Å². The molecular weight excluding hydrogens is 306 g/mol. The summed E-state index contributed by atoms with van der Waals surface area (Å²) in [7, 11) is 0. The zero-order valence-corrected chi connectivity index (χ0v) is 16.7. The SMILES string of the molecule is CC(C)(C)c1cc(C[NH2+]CCc2ccccc2)cc(C(C)(C)C)c1O. The Labute approximate surface area is 153 Å². The number of aromatic hydroxyl groups is 1. The van der Waals surface area contributed by atoms with Gasteiger partial charge in [-0.15, -0.1) is 0 Å². The van der Waals surface area contributed by atoms with Gasteiger partial charge in [-0.3, -0.25) is 0 Å². The maximum Gasteiger partial charge on any atom is 0.123 e. The fourth-order valence-corrected chi connectivity index (χ4v) is 3.14. The molecule has 2 aromatic carbocycles. The van der Waals surface area contributed by atoms with Crippen molar-refractivity contribution < 1.29 is 10.4 Å². The summed E-state index contributed by atoms with van der Waals surface area (Å²) in [4.78, 5) is 0. The first kappa shape index (κ1) is 19.5. The van der Waals surface area contributed by atoms with Gasteiger partial charge in [0.2, 0.25) is 0 Å². The van der Waals surface area contributed by atoms with Gasteiger partial charge in [0.15, 0.2) is 0 Å². The molecule has 136 valence electrons. The predicted molar refractivity (Wildman–Crippen MR) is 106 cm³/mol. The standard InChI is InChI=1S/C23H33NO/c1-22(2,3)19-14-18(15-20(21(19)25)23(4,5)6)16-24-13-12-17-10-8-7-9-11-17/h7-11,14-15,24-25H,12-13,16H2,1-6H3/p+1. The number of hydrogen-bond acceptors (Lipinski definition) is 1. The molecular formula is C23H34NO+. The Morgan fingerprint density at radius 2 is 1.32 bits per heavy atom. The van der Waals surface area contributed by atoms with Crippen LogP contribution < -0.4 is 5.32 Å². The van der Waals surface area contributed by atoms with Crippen molar-refractivity contribution in [2.24, 2.45) is 0 Å². The molecule has 0 spiro atoms. The Hall–Kier alpha value is -1.80. The molecule has 0 radical (unpaired) electrons. The van der Waals surface area contributed by atoms with Crippen molar-refractivity contribution in [3.63, 3.8) is 0 Å². The molecule has 0 unspecified atom stereocenters. The number of quaternary nitrogens is 1. The van der Waals surface area contributed by atoms with Crippen molar-refractivity contribution >= 4 is 0 Å². The Morgan fingerprint density at radius 3 is 1.80 bits per heavy atom. The van der Waals surface area contributed by atoms with Gasteiger partial charge < -0.3 is 10.4 Å². The van der Waals surface area contributed by atoms with Gasteiger partial charge in [-0.25, -0.2) is 0 Å². The second-order valence-corrected chi connectivity index (χ2v) is 9.06. The minimum atomic E-state index is -0.0653. The number of benzene rings is 2. The van der Waals surface area contributed by atoms with Gasteiger partial charge in [0, 0.05) is 23.1 Å². The fourth-order valence-electron chi connectivity index (χ4n) is 3.14. The Balaban J connectivity index is 2.14. The van der Waals surface area contributed by atoms with E-state index < -0.39 is 0 Å². The van der Waals surface area contributed by atoms with Gasteiger partial charge in [0.1, 0.15) is 12.3 Å². The number of rotatable bonds is 5. The zero-order chi connectivity index (χ0) is 18.7. The van der Waals surface area contributed by atoms with Crippen LogP contribution in [0, 0.1) is 0 Å². The van der Waals surface area contributed by atoms with Gasteiger partial charge in [-0.2, -0.15) is 0 Å². The second-order valence-electron chi connectivity index (χ2n) is 9.06.